The average molecular weight is 251 g/mol. The molecule has 0 aliphatic carbocycles. The highest BCUT2D eigenvalue weighted by Crippen LogP contribution is 2.23. The molecule has 98 valence electrons. The third-order valence-electron chi connectivity index (χ3n) is 2.86. The number of imidazole rings is 1. The number of anilines is 1. The van der Waals surface area contributed by atoms with Gasteiger partial charge in [-0.1, -0.05) is 0 Å². The van der Waals surface area contributed by atoms with E-state index in [1.165, 1.54) is 0 Å². The maximum atomic E-state index is 9.43. The van der Waals surface area contributed by atoms with Crippen LogP contribution in [0.15, 0.2) is 18.2 Å². The second-order valence-electron chi connectivity index (χ2n) is 4.10. The average Bonchev–Trinajstić information content (AvgIpc) is 2.73. The SMILES string of the molecule is COCC(CO)n1c(CO)nc2cc(N)ccc21. The topological polar surface area (TPSA) is 93.5 Å². The summed E-state index contributed by atoms with van der Waals surface area (Å²) in [6.45, 7) is 0.0603. The molecule has 0 aliphatic heterocycles. The molecule has 0 fully saturated rings. The van der Waals surface area contributed by atoms with Gasteiger partial charge >= 0.3 is 0 Å². The Morgan fingerprint density at radius 3 is 2.83 bits per heavy atom. The van der Waals surface area contributed by atoms with Crippen LogP contribution in [0.3, 0.4) is 0 Å². The Kier molecular flexibility index (Phi) is 3.81. The molecular formula is C12H17N3O3. The Morgan fingerprint density at radius 2 is 2.22 bits per heavy atom. The number of nitrogens with zero attached hydrogens (tertiary/aromatic N) is 2. The number of fused-ring (bicyclic) bond motifs is 1. The van der Waals surface area contributed by atoms with Crippen molar-refractivity contribution < 1.29 is 14.9 Å². The first kappa shape index (κ1) is 12.8. The van der Waals surface area contributed by atoms with Crippen LogP contribution in [0.1, 0.15) is 11.9 Å². The monoisotopic (exact) mass is 251 g/mol. The smallest absolute Gasteiger partial charge is 0.136 e. The number of hydrogen-bond acceptors (Lipinski definition) is 5. The van der Waals surface area contributed by atoms with Crippen molar-refractivity contribution in [2.75, 3.05) is 26.1 Å². The molecule has 0 radical (unpaired) electrons. The lowest BCUT2D eigenvalue weighted by atomic mass is 10.2. The Morgan fingerprint density at radius 1 is 1.44 bits per heavy atom. The molecule has 2 aromatic rings. The molecule has 4 N–H and O–H groups in total. The van der Waals surface area contributed by atoms with Gasteiger partial charge in [-0.3, -0.25) is 0 Å². The summed E-state index contributed by atoms with van der Waals surface area (Å²) in [6.07, 6.45) is 0. The summed E-state index contributed by atoms with van der Waals surface area (Å²) in [6, 6.07) is 5.07. The van der Waals surface area contributed by atoms with E-state index in [1.807, 2.05) is 6.07 Å². The summed E-state index contributed by atoms with van der Waals surface area (Å²) in [5.74, 6) is 0.492. The first-order chi connectivity index (χ1) is 8.71. The molecule has 0 bridgehead atoms. The van der Waals surface area contributed by atoms with Crippen LogP contribution in [0.2, 0.25) is 0 Å². The zero-order valence-corrected chi connectivity index (χ0v) is 10.2. The normalized spacial score (nSPS) is 13.1. The summed E-state index contributed by atoms with van der Waals surface area (Å²) in [4.78, 5) is 4.31. The van der Waals surface area contributed by atoms with Crippen LogP contribution >= 0.6 is 0 Å². The van der Waals surface area contributed by atoms with Crippen LogP contribution in [0, 0.1) is 0 Å². The van der Waals surface area contributed by atoms with E-state index in [9.17, 15) is 10.2 Å². The Bertz CT molecular complexity index is 539. The molecule has 6 heteroatoms. The number of benzene rings is 1. The van der Waals surface area contributed by atoms with Gasteiger partial charge in [0.15, 0.2) is 0 Å². The van der Waals surface area contributed by atoms with Gasteiger partial charge in [0.2, 0.25) is 0 Å². The molecule has 6 nitrogen and oxygen atoms in total. The molecule has 1 unspecified atom stereocenters. The molecule has 0 saturated carbocycles. The minimum atomic E-state index is -0.272. The fraction of sp³-hybridized carbons (Fsp3) is 0.417. The summed E-state index contributed by atoms with van der Waals surface area (Å²) >= 11 is 0. The van der Waals surface area contributed by atoms with E-state index in [-0.39, 0.29) is 19.3 Å². The van der Waals surface area contributed by atoms with Crippen LogP contribution in [-0.2, 0) is 11.3 Å². The van der Waals surface area contributed by atoms with Crippen molar-refractivity contribution >= 4 is 16.7 Å². The van der Waals surface area contributed by atoms with E-state index in [0.717, 1.165) is 5.52 Å². The van der Waals surface area contributed by atoms with Gasteiger partial charge in [0.25, 0.3) is 0 Å². The Hall–Kier alpha value is -1.63. The van der Waals surface area contributed by atoms with Gasteiger partial charge in [0.05, 0.1) is 30.3 Å². The number of rotatable bonds is 5. The van der Waals surface area contributed by atoms with Gasteiger partial charge < -0.3 is 25.3 Å². The van der Waals surface area contributed by atoms with Gasteiger partial charge in [-0.2, -0.15) is 0 Å². The second kappa shape index (κ2) is 5.34. The van der Waals surface area contributed by atoms with Gasteiger partial charge in [-0.25, -0.2) is 4.98 Å². The van der Waals surface area contributed by atoms with Gasteiger partial charge in [-0.05, 0) is 18.2 Å². The molecule has 2 rings (SSSR count). The van der Waals surface area contributed by atoms with E-state index in [4.69, 9.17) is 10.5 Å². The summed E-state index contributed by atoms with van der Waals surface area (Å²) in [5, 5.41) is 18.8. The number of aliphatic hydroxyl groups excluding tert-OH is 2. The first-order valence-electron chi connectivity index (χ1n) is 5.68. The summed E-state index contributed by atoms with van der Waals surface area (Å²) in [7, 11) is 1.57. The zero-order valence-electron chi connectivity index (χ0n) is 10.2. The largest absolute Gasteiger partial charge is 0.399 e. The van der Waals surface area contributed by atoms with Crippen LogP contribution in [0.25, 0.3) is 11.0 Å². The maximum absolute atomic E-state index is 9.43. The standard InChI is InChI=1S/C12H17N3O3/c1-18-7-9(5-16)15-11-3-2-8(13)4-10(11)14-12(15)6-17/h2-4,9,16-17H,5-7,13H2,1H3. The van der Waals surface area contributed by atoms with Crippen LogP contribution < -0.4 is 5.73 Å². The molecule has 0 aliphatic rings. The predicted molar refractivity (Wildman–Crippen MR) is 68.1 cm³/mol. The molecular weight excluding hydrogens is 234 g/mol. The number of ether oxygens (including phenoxy) is 1. The summed E-state index contributed by atoms with van der Waals surface area (Å²) in [5.41, 5.74) is 7.85. The van der Waals surface area contributed by atoms with Crippen molar-refractivity contribution in [3.8, 4) is 0 Å². The third-order valence-corrected chi connectivity index (χ3v) is 2.86. The molecule has 1 aromatic carbocycles. The number of aromatic nitrogens is 2. The van der Waals surface area contributed by atoms with Gasteiger partial charge in [-0.15, -0.1) is 0 Å². The molecule has 0 saturated heterocycles. The highest BCUT2D eigenvalue weighted by atomic mass is 16.5. The number of aliphatic hydroxyl groups is 2. The Balaban J connectivity index is 2.58. The van der Waals surface area contributed by atoms with Gasteiger partial charge in [0.1, 0.15) is 12.4 Å². The predicted octanol–water partition coefficient (Wildman–Crippen LogP) is 0.291. The number of methoxy groups -OCH3 is 1. The lowest BCUT2D eigenvalue weighted by molar-refractivity contribution is 0.112. The molecule has 0 amide bonds. The van der Waals surface area contributed by atoms with Crippen LogP contribution in [-0.4, -0.2) is 40.1 Å². The fourth-order valence-electron chi connectivity index (χ4n) is 2.09. The van der Waals surface area contributed by atoms with Crippen molar-refractivity contribution in [2.24, 2.45) is 0 Å². The van der Waals surface area contributed by atoms with Gasteiger partial charge in [0, 0.05) is 12.8 Å². The highest BCUT2D eigenvalue weighted by molar-refractivity contribution is 5.79. The molecule has 1 aromatic heterocycles. The first-order valence-corrected chi connectivity index (χ1v) is 5.68. The zero-order chi connectivity index (χ0) is 13.1. The minimum Gasteiger partial charge on any atom is -0.399 e. The number of hydrogen-bond donors (Lipinski definition) is 3. The lowest BCUT2D eigenvalue weighted by Gasteiger charge is -2.18. The molecule has 1 atom stereocenters. The summed E-state index contributed by atoms with van der Waals surface area (Å²) < 4.78 is 6.87. The quantitative estimate of drug-likeness (QED) is 0.664. The van der Waals surface area contributed by atoms with E-state index < -0.39 is 0 Å². The van der Waals surface area contributed by atoms with Crippen LogP contribution in [0.4, 0.5) is 5.69 Å². The van der Waals surface area contributed by atoms with E-state index in [1.54, 1.807) is 23.8 Å². The van der Waals surface area contributed by atoms with Crippen molar-refractivity contribution in [2.45, 2.75) is 12.6 Å². The fourth-order valence-corrected chi connectivity index (χ4v) is 2.09. The lowest BCUT2D eigenvalue weighted by Crippen LogP contribution is -2.20. The Labute approximate surface area is 105 Å². The minimum absolute atomic E-state index is 0.0866. The van der Waals surface area contributed by atoms with E-state index in [2.05, 4.69) is 4.98 Å². The molecule has 18 heavy (non-hydrogen) atoms. The van der Waals surface area contributed by atoms with Crippen molar-refractivity contribution in [3.05, 3.63) is 24.0 Å². The molecule has 0 spiro atoms. The second-order valence-corrected chi connectivity index (χ2v) is 4.10. The molecule has 1 heterocycles. The number of nitrogen functional groups attached to an aromatic ring is 1. The van der Waals surface area contributed by atoms with E-state index in [0.29, 0.717) is 23.6 Å². The van der Waals surface area contributed by atoms with Crippen molar-refractivity contribution in [3.63, 3.8) is 0 Å². The maximum Gasteiger partial charge on any atom is 0.136 e. The van der Waals surface area contributed by atoms with Crippen molar-refractivity contribution in [1.82, 2.24) is 9.55 Å². The van der Waals surface area contributed by atoms with E-state index >= 15 is 0 Å². The number of nitrogens with two attached hydrogens (primary N) is 1. The van der Waals surface area contributed by atoms with Crippen LogP contribution in [0.5, 0.6) is 0 Å². The van der Waals surface area contributed by atoms with Crippen molar-refractivity contribution in [1.29, 1.82) is 0 Å². The highest BCUT2D eigenvalue weighted by Gasteiger charge is 2.18. The third kappa shape index (κ3) is 2.17.